The minimum Gasteiger partial charge on any atom is -0.280 e. The molecule has 5 nitrogen and oxygen atoms in total. The van der Waals surface area contributed by atoms with E-state index in [9.17, 15) is 4.79 Å². The van der Waals surface area contributed by atoms with E-state index in [0.29, 0.717) is 5.65 Å². The molecule has 0 bridgehead atoms. The zero-order valence-corrected chi connectivity index (χ0v) is 15.2. The molecule has 0 saturated heterocycles. The third kappa shape index (κ3) is 3.35. The molecule has 0 unspecified atom stereocenters. The van der Waals surface area contributed by atoms with Crippen molar-refractivity contribution in [1.29, 1.82) is 0 Å². The monoisotopic (exact) mass is 354 g/mol. The molecular formula is C19H22N4OS. The SMILES string of the molecule is Cc1cccc(-n2ccn3c(SCC4CCCCC4)nnc3c2=O)c1. The van der Waals surface area contributed by atoms with E-state index in [1.54, 1.807) is 22.5 Å². The van der Waals surface area contributed by atoms with E-state index in [-0.39, 0.29) is 5.56 Å². The summed E-state index contributed by atoms with van der Waals surface area (Å²) in [4.78, 5) is 12.8. The van der Waals surface area contributed by atoms with E-state index in [1.165, 1.54) is 32.1 Å². The van der Waals surface area contributed by atoms with Crippen molar-refractivity contribution < 1.29 is 0 Å². The van der Waals surface area contributed by atoms with Crippen molar-refractivity contribution >= 4 is 17.4 Å². The molecule has 3 aromatic rings. The van der Waals surface area contributed by atoms with Gasteiger partial charge in [-0.3, -0.25) is 13.8 Å². The third-order valence-corrected chi connectivity index (χ3v) is 6.07. The lowest BCUT2D eigenvalue weighted by atomic mass is 9.91. The van der Waals surface area contributed by atoms with Crippen molar-refractivity contribution in [3.05, 3.63) is 52.6 Å². The Morgan fingerprint density at radius 3 is 2.80 bits per heavy atom. The summed E-state index contributed by atoms with van der Waals surface area (Å²) in [6.45, 7) is 2.02. The smallest absolute Gasteiger partial charge is 0.280 e. The Bertz CT molecular complexity index is 940. The average Bonchev–Trinajstić information content (AvgIpc) is 3.05. The highest BCUT2D eigenvalue weighted by molar-refractivity contribution is 7.99. The first-order chi connectivity index (χ1) is 12.2. The molecule has 0 aliphatic heterocycles. The summed E-state index contributed by atoms with van der Waals surface area (Å²) in [5.41, 5.74) is 2.22. The summed E-state index contributed by atoms with van der Waals surface area (Å²) in [5.74, 6) is 1.82. The highest BCUT2D eigenvalue weighted by atomic mass is 32.2. The standard InChI is InChI=1S/C19H22N4OS/c1-14-6-5-9-16(12-14)22-10-11-23-17(18(22)24)20-21-19(23)25-13-15-7-3-2-4-8-15/h5-6,9-12,15H,2-4,7-8,13H2,1H3. The summed E-state index contributed by atoms with van der Waals surface area (Å²) in [7, 11) is 0. The van der Waals surface area contributed by atoms with E-state index >= 15 is 0 Å². The van der Waals surface area contributed by atoms with Crippen LogP contribution in [0, 0.1) is 12.8 Å². The summed E-state index contributed by atoms with van der Waals surface area (Å²) >= 11 is 1.72. The van der Waals surface area contributed by atoms with Crippen molar-refractivity contribution in [2.45, 2.75) is 44.2 Å². The molecule has 1 aliphatic carbocycles. The Kier molecular flexibility index (Phi) is 4.61. The number of hydrogen-bond acceptors (Lipinski definition) is 4. The van der Waals surface area contributed by atoms with Gasteiger partial charge >= 0.3 is 5.56 Å². The molecule has 1 saturated carbocycles. The normalized spacial score (nSPS) is 15.7. The van der Waals surface area contributed by atoms with Gasteiger partial charge < -0.3 is 0 Å². The van der Waals surface area contributed by atoms with Crippen LogP contribution in [0.5, 0.6) is 0 Å². The number of aryl methyl sites for hydroxylation is 1. The fourth-order valence-corrected chi connectivity index (χ4v) is 4.59. The fraction of sp³-hybridized carbons (Fsp3) is 0.421. The van der Waals surface area contributed by atoms with Gasteiger partial charge in [-0.15, -0.1) is 10.2 Å². The lowest BCUT2D eigenvalue weighted by molar-refractivity contribution is 0.390. The molecule has 1 aromatic carbocycles. The van der Waals surface area contributed by atoms with Crippen LogP contribution in [0.4, 0.5) is 0 Å². The van der Waals surface area contributed by atoms with Gasteiger partial charge in [0.1, 0.15) is 0 Å². The molecule has 130 valence electrons. The molecule has 0 atom stereocenters. The van der Waals surface area contributed by atoms with Crippen LogP contribution in [-0.4, -0.2) is 24.9 Å². The number of hydrogen-bond donors (Lipinski definition) is 0. The Balaban J connectivity index is 1.62. The molecule has 2 aromatic heterocycles. The zero-order valence-electron chi connectivity index (χ0n) is 14.4. The predicted octanol–water partition coefficient (Wildman–Crippen LogP) is 3.86. The Morgan fingerprint density at radius 2 is 2.00 bits per heavy atom. The maximum atomic E-state index is 12.8. The number of aromatic nitrogens is 4. The molecule has 6 heteroatoms. The number of rotatable bonds is 4. The molecule has 0 amide bonds. The summed E-state index contributed by atoms with van der Waals surface area (Å²) in [5, 5.41) is 9.22. The number of benzene rings is 1. The van der Waals surface area contributed by atoms with Crippen LogP contribution in [0.3, 0.4) is 0 Å². The van der Waals surface area contributed by atoms with Crippen LogP contribution in [-0.2, 0) is 0 Å². The van der Waals surface area contributed by atoms with Crippen molar-refractivity contribution in [2.75, 3.05) is 5.75 Å². The maximum Gasteiger partial charge on any atom is 0.300 e. The van der Waals surface area contributed by atoms with Crippen LogP contribution in [0.15, 0.2) is 46.6 Å². The second kappa shape index (κ2) is 7.04. The Labute approximate surface area is 151 Å². The Hall–Kier alpha value is -2.08. The van der Waals surface area contributed by atoms with Crippen molar-refractivity contribution in [1.82, 2.24) is 19.2 Å². The molecule has 0 N–H and O–H groups in total. The summed E-state index contributed by atoms with van der Waals surface area (Å²) in [6.07, 6.45) is 10.4. The van der Waals surface area contributed by atoms with E-state index in [4.69, 9.17) is 0 Å². The van der Waals surface area contributed by atoms with Gasteiger partial charge in [0.25, 0.3) is 0 Å². The van der Waals surface area contributed by atoms with Crippen LogP contribution in [0.25, 0.3) is 11.3 Å². The van der Waals surface area contributed by atoms with Gasteiger partial charge in [-0.1, -0.05) is 43.2 Å². The lowest BCUT2D eigenvalue weighted by Crippen LogP contribution is -2.20. The van der Waals surface area contributed by atoms with Gasteiger partial charge in [-0.25, -0.2) is 0 Å². The average molecular weight is 354 g/mol. The van der Waals surface area contributed by atoms with Crippen LogP contribution >= 0.6 is 11.8 Å². The summed E-state index contributed by atoms with van der Waals surface area (Å²) < 4.78 is 3.45. The minimum atomic E-state index is -0.134. The number of thioether (sulfide) groups is 1. The quantitative estimate of drug-likeness (QED) is 0.668. The van der Waals surface area contributed by atoms with Gasteiger partial charge in [-0.2, -0.15) is 0 Å². The van der Waals surface area contributed by atoms with E-state index in [2.05, 4.69) is 10.2 Å². The van der Waals surface area contributed by atoms with E-state index in [1.807, 2.05) is 41.8 Å². The van der Waals surface area contributed by atoms with Crippen molar-refractivity contribution in [3.63, 3.8) is 0 Å². The topological polar surface area (TPSA) is 52.2 Å². The molecular weight excluding hydrogens is 332 g/mol. The second-order valence-corrected chi connectivity index (χ2v) is 7.79. The largest absolute Gasteiger partial charge is 0.300 e. The number of fused-ring (bicyclic) bond motifs is 1. The number of nitrogens with zero attached hydrogens (tertiary/aromatic N) is 4. The first-order valence-electron chi connectivity index (χ1n) is 8.88. The highest BCUT2D eigenvalue weighted by Crippen LogP contribution is 2.29. The molecule has 0 radical (unpaired) electrons. The van der Waals surface area contributed by atoms with Gasteiger partial charge in [0.2, 0.25) is 5.65 Å². The van der Waals surface area contributed by atoms with Crippen molar-refractivity contribution in [3.8, 4) is 5.69 Å². The van der Waals surface area contributed by atoms with Crippen molar-refractivity contribution in [2.24, 2.45) is 5.92 Å². The van der Waals surface area contributed by atoms with Crippen LogP contribution in [0.2, 0.25) is 0 Å². The van der Waals surface area contributed by atoms with E-state index in [0.717, 1.165) is 28.1 Å². The second-order valence-electron chi connectivity index (χ2n) is 6.80. The minimum absolute atomic E-state index is 0.134. The molecule has 4 rings (SSSR count). The zero-order chi connectivity index (χ0) is 17.2. The predicted molar refractivity (Wildman–Crippen MR) is 101 cm³/mol. The molecule has 2 heterocycles. The first kappa shape index (κ1) is 16.4. The van der Waals surface area contributed by atoms with E-state index < -0.39 is 0 Å². The van der Waals surface area contributed by atoms with Gasteiger partial charge in [0.15, 0.2) is 5.16 Å². The first-order valence-corrected chi connectivity index (χ1v) is 9.87. The summed E-state index contributed by atoms with van der Waals surface area (Å²) in [6, 6.07) is 7.90. The van der Waals surface area contributed by atoms with Gasteiger partial charge in [0.05, 0.1) is 0 Å². The van der Waals surface area contributed by atoms with Gasteiger partial charge in [-0.05, 0) is 43.4 Å². The van der Waals surface area contributed by atoms with Crippen LogP contribution < -0.4 is 5.56 Å². The molecule has 0 spiro atoms. The third-order valence-electron chi connectivity index (χ3n) is 4.89. The highest BCUT2D eigenvalue weighted by Gasteiger charge is 2.17. The van der Waals surface area contributed by atoms with Crippen LogP contribution in [0.1, 0.15) is 37.7 Å². The fourth-order valence-electron chi connectivity index (χ4n) is 3.49. The van der Waals surface area contributed by atoms with Gasteiger partial charge in [0, 0.05) is 23.8 Å². The molecule has 1 aliphatic rings. The lowest BCUT2D eigenvalue weighted by Gasteiger charge is -2.20. The Morgan fingerprint density at radius 1 is 1.16 bits per heavy atom. The maximum absolute atomic E-state index is 12.8. The molecule has 1 fully saturated rings. The molecule has 25 heavy (non-hydrogen) atoms.